The summed E-state index contributed by atoms with van der Waals surface area (Å²) in [5.74, 6) is 1.34. The third-order valence-electron chi connectivity index (χ3n) is 5.17. The van der Waals surface area contributed by atoms with Gasteiger partial charge in [0.2, 0.25) is 5.91 Å². The largest absolute Gasteiger partial charge is 0.495 e. The second kappa shape index (κ2) is 9.96. The van der Waals surface area contributed by atoms with Gasteiger partial charge in [-0.15, -0.1) is 11.3 Å². The average molecular weight is 521 g/mol. The molecule has 0 fully saturated rings. The molecule has 2 heterocycles. The number of anilines is 1. The maximum atomic E-state index is 12.7. The van der Waals surface area contributed by atoms with E-state index >= 15 is 0 Å². The van der Waals surface area contributed by atoms with Crippen LogP contribution in [0, 0.1) is 0 Å². The van der Waals surface area contributed by atoms with Crippen LogP contribution in [0.15, 0.2) is 83.3 Å². The highest BCUT2D eigenvalue weighted by atomic mass is 35.5. The fraction of sp³-hybridized carbons (Fsp3) is 0.0370. The van der Waals surface area contributed by atoms with Crippen LogP contribution < -0.4 is 10.1 Å². The predicted molar refractivity (Wildman–Crippen MR) is 143 cm³/mol. The van der Waals surface area contributed by atoms with Gasteiger partial charge in [0, 0.05) is 27.2 Å². The van der Waals surface area contributed by atoms with E-state index in [2.05, 4.69) is 5.32 Å². The summed E-state index contributed by atoms with van der Waals surface area (Å²) in [4.78, 5) is 17.4. The Labute approximate surface area is 215 Å². The minimum absolute atomic E-state index is 0.325. The Morgan fingerprint density at radius 2 is 1.80 bits per heavy atom. The van der Waals surface area contributed by atoms with Crippen molar-refractivity contribution in [1.82, 2.24) is 4.98 Å². The summed E-state index contributed by atoms with van der Waals surface area (Å²) < 4.78 is 12.4. The van der Waals surface area contributed by atoms with E-state index in [-0.39, 0.29) is 5.91 Å². The van der Waals surface area contributed by atoms with Crippen molar-refractivity contribution in [1.29, 1.82) is 0 Å². The number of hydrogen-bond donors (Lipinski definition) is 1. The highest BCUT2D eigenvalue weighted by Crippen LogP contribution is 2.35. The van der Waals surface area contributed by atoms with Crippen molar-refractivity contribution in [2.75, 3.05) is 12.4 Å². The van der Waals surface area contributed by atoms with E-state index in [4.69, 9.17) is 37.3 Å². The molecule has 0 saturated carbocycles. The standard InChI is InChI=1S/C27H18Cl2N2O3S/c1-33-24-9-6-16(27-31-21-4-2-3-5-25(21)35-27)14-22(24)30-26(32)11-8-20-7-10-23(34-20)17-12-18(28)15-19(29)13-17/h2-15H,1H3,(H,30,32)/b11-8+. The molecule has 1 N–H and O–H groups in total. The number of amides is 1. The summed E-state index contributed by atoms with van der Waals surface area (Å²) >= 11 is 13.7. The van der Waals surface area contributed by atoms with E-state index in [0.717, 1.165) is 26.4 Å². The summed E-state index contributed by atoms with van der Waals surface area (Å²) in [6.07, 6.45) is 2.99. The molecule has 0 aliphatic rings. The fourth-order valence-corrected chi connectivity index (χ4v) is 5.05. The van der Waals surface area contributed by atoms with E-state index in [0.29, 0.717) is 33.0 Å². The smallest absolute Gasteiger partial charge is 0.248 e. The van der Waals surface area contributed by atoms with Crippen molar-refractivity contribution in [2.45, 2.75) is 0 Å². The second-order valence-corrected chi connectivity index (χ2v) is 9.49. The van der Waals surface area contributed by atoms with Gasteiger partial charge in [0.25, 0.3) is 0 Å². The number of fused-ring (bicyclic) bond motifs is 1. The van der Waals surface area contributed by atoms with E-state index in [1.54, 1.807) is 54.9 Å². The Kier molecular flexibility index (Phi) is 6.59. The summed E-state index contributed by atoms with van der Waals surface area (Å²) in [5.41, 5.74) is 3.13. The first-order chi connectivity index (χ1) is 17.0. The SMILES string of the molecule is COc1ccc(-c2nc3ccccc3s2)cc1NC(=O)/C=C/c1ccc(-c2cc(Cl)cc(Cl)c2)o1. The molecular weight excluding hydrogens is 503 g/mol. The molecule has 0 atom stereocenters. The third kappa shape index (κ3) is 5.25. The van der Waals surface area contributed by atoms with Gasteiger partial charge >= 0.3 is 0 Å². The molecule has 1 amide bonds. The number of carbonyl (C=O) groups excluding carboxylic acids is 1. The molecule has 35 heavy (non-hydrogen) atoms. The highest BCUT2D eigenvalue weighted by molar-refractivity contribution is 7.21. The third-order valence-corrected chi connectivity index (χ3v) is 6.69. The number of hydrogen-bond acceptors (Lipinski definition) is 5. The Morgan fingerprint density at radius 1 is 1.00 bits per heavy atom. The van der Waals surface area contributed by atoms with Crippen LogP contribution in [0.25, 0.3) is 38.2 Å². The molecule has 0 spiro atoms. The number of aromatic nitrogens is 1. The Balaban J connectivity index is 1.34. The van der Waals surface area contributed by atoms with Crippen LogP contribution in [-0.4, -0.2) is 18.0 Å². The summed E-state index contributed by atoms with van der Waals surface area (Å²) in [5, 5.41) is 4.78. The van der Waals surface area contributed by atoms with Crippen molar-refractivity contribution in [2.24, 2.45) is 0 Å². The highest BCUT2D eigenvalue weighted by Gasteiger charge is 2.12. The van der Waals surface area contributed by atoms with Crippen LogP contribution in [0.2, 0.25) is 10.0 Å². The van der Waals surface area contributed by atoms with Gasteiger partial charge in [-0.1, -0.05) is 35.3 Å². The van der Waals surface area contributed by atoms with Gasteiger partial charge in [-0.25, -0.2) is 4.98 Å². The normalized spacial score (nSPS) is 11.3. The molecule has 0 radical (unpaired) electrons. The molecular formula is C27H18Cl2N2O3S. The minimum Gasteiger partial charge on any atom is -0.495 e. The van der Waals surface area contributed by atoms with Gasteiger partial charge in [-0.3, -0.25) is 4.79 Å². The number of thiazole rings is 1. The number of furan rings is 1. The summed E-state index contributed by atoms with van der Waals surface area (Å²) in [6, 6.07) is 22.3. The maximum Gasteiger partial charge on any atom is 0.248 e. The molecule has 3 aromatic carbocycles. The van der Waals surface area contributed by atoms with Crippen LogP contribution in [0.1, 0.15) is 5.76 Å². The molecule has 0 aliphatic carbocycles. The zero-order chi connectivity index (χ0) is 24.4. The first kappa shape index (κ1) is 23.2. The maximum absolute atomic E-state index is 12.7. The van der Waals surface area contributed by atoms with Gasteiger partial charge in [0.15, 0.2) is 0 Å². The van der Waals surface area contributed by atoms with Crippen molar-refractivity contribution in [3.05, 3.63) is 94.7 Å². The predicted octanol–water partition coefficient (Wildman–Crippen LogP) is 8.19. The fourth-order valence-electron chi connectivity index (χ4n) is 3.56. The minimum atomic E-state index is -0.325. The lowest BCUT2D eigenvalue weighted by Gasteiger charge is -2.10. The van der Waals surface area contributed by atoms with Gasteiger partial charge in [0.1, 0.15) is 22.3 Å². The number of nitrogens with one attached hydrogen (secondary N) is 1. The summed E-state index contributed by atoms with van der Waals surface area (Å²) in [6.45, 7) is 0. The van der Waals surface area contributed by atoms with Crippen LogP contribution in [-0.2, 0) is 4.79 Å². The number of nitrogens with zero attached hydrogens (tertiary/aromatic N) is 1. The molecule has 5 rings (SSSR count). The lowest BCUT2D eigenvalue weighted by molar-refractivity contribution is -0.111. The van der Waals surface area contributed by atoms with Gasteiger partial charge in [-0.2, -0.15) is 0 Å². The molecule has 5 aromatic rings. The Morgan fingerprint density at radius 3 is 2.57 bits per heavy atom. The lowest BCUT2D eigenvalue weighted by atomic mass is 10.2. The molecule has 8 heteroatoms. The first-order valence-corrected chi connectivity index (χ1v) is 12.1. The molecule has 2 aromatic heterocycles. The number of para-hydroxylation sites is 1. The van der Waals surface area contributed by atoms with Crippen molar-refractivity contribution in [3.8, 4) is 27.6 Å². The molecule has 0 unspecified atom stereocenters. The van der Waals surface area contributed by atoms with Crippen molar-refractivity contribution < 1.29 is 13.9 Å². The number of carbonyl (C=O) groups is 1. The van der Waals surface area contributed by atoms with Crippen LogP contribution in [0.4, 0.5) is 5.69 Å². The number of methoxy groups -OCH3 is 1. The number of rotatable bonds is 6. The topological polar surface area (TPSA) is 64.4 Å². The quantitative estimate of drug-likeness (QED) is 0.229. The Hall–Kier alpha value is -3.58. The van der Waals surface area contributed by atoms with E-state index in [9.17, 15) is 4.79 Å². The Bertz CT molecular complexity index is 1520. The molecule has 0 bridgehead atoms. The van der Waals surface area contributed by atoms with Crippen LogP contribution in [0.3, 0.4) is 0 Å². The van der Waals surface area contributed by atoms with Crippen molar-refractivity contribution in [3.63, 3.8) is 0 Å². The molecule has 5 nitrogen and oxygen atoms in total. The van der Waals surface area contributed by atoms with E-state index < -0.39 is 0 Å². The number of halogens is 2. The second-order valence-electron chi connectivity index (χ2n) is 7.58. The first-order valence-electron chi connectivity index (χ1n) is 10.6. The zero-order valence-corrected chi connectivity index (χ0v) is 20.7. The molecule has 174 valence electrons. The van der Waals surface area contributed by atoms with Crippen LogP contribution >= 0.6 is 34.5 Å². The molecule has 0 aliphatic heterocycles. The number of benzene rings is 3. The van der Waals surface area contributed by atoms with Gasteiger partial charge in [-0.05, 0) is 66.7 Å². The van der Waals surface area contributed by atoms with Gasteiger partial charge < -0.3 is 14.5 Å². The molecule has 0 saturated heterocycles. The lowest BCUT2D eigenvalue weighted by Crippen LogP contribution is -2.09. The average Bonchev–Trinajstić information content (AvgIpc) is 3.49. The van der Waals surface area contributed by atoms with E-state index in [1.165, 1.54) is 6.08 Å². The van der Waals surface area contributed by atoms with Crippen LogP contribution in [0.5, 0.6) is 5.75 Å². The zero-order valence-electron chi connectivity index (χ0n) is 18.4. The summed E-state index contributed by atoms with van der Waals surface area (Å²) in [7, 11) is 1.56. The number of ether oxygens (including phenoxy) is 1. The van der Waals surface area contributed by atoms with Crippen molar-refractivity contribution >= 4 is 62.4 Å². The van der Waals surface area contributed by atoms with Gasteiger partial charge in [0.05, 0.1) is 23.0 Å². The monoisotopic (exact) mass is 520 g/mol. The van der Waals surface area contributed by atoms with E-state index in [1.807, 2.05) is 42.5 Å².